The molecular formula is C16H20N4O2S. The van der Waals surface area contributed by atoms with Crippen LogP contribution in [0.5, 0.6) is 0 Å². The average molecular weight is 332 g/mol. The van der Waals surface area contributed by atoms with Gasteiger partial charge in [0.2, 0.25) is 5.91 Å². The van der Waals surface area contributed by atoms with Crippen molar-refractivity contribution in [2.24, 2.45) is 0 Å². The Balaban J connectivity index is 1.86. The molecule has 122 valence electrons. The van der Waals surface area contributed by atoms with Crippen LogP contribution in [0.1, 0.15) is 12.8 Å². The lowest BCUT2D eigenvalue weighted by molar-refractivity contribution is -0.118. The summed E-state index contributed by atoms with van der Waals surface area (Å²) in [4.78, 5) is 11.5. The number of nitrogens with zero attached hydrogens (tertiary/aromatic N) is 3. The van der Waals surface area contributed by atoms with Gasteiger partial charge in [-0.15, -0.1) is 10.2 Å². The zero-order valence-electron chi connectivity index (χ0n) is 13.1. The van der Waals surface area contributed by atoms with E-state index < -0.39 is 0 Å². The molecule has 3 rings (SSSR count). The van der Waals surface area contributed by atoms with Gasteiger partial charge in [0.05, 0.1) is 18.4 Å². The molecule has 2 heterocycles. The van der Waals surface area contributed by atoms with Crippen LogP contribution >= 0.6 is 11.8 Å². The molecule has 1 aromatic carbocycles. The van der Waals surface area contributed by atoms with Crippen LogP contribution in [0.25, 0.3) is 11.4 Å². The number of carbonyl (C=O) groups excluding carboxylic acids is 1. The molecule has 0 unspecified atom stereocenters. The molecule has 0 saturated carbocycles. The van der Waals surface area contributed by atoms with E-state index in [0.717, 1.165) is 36.0 Å². The van der Waals surface area contributed by atoms with E-state index in [0.29, 0.717) is 12.3 Å². The molecule has 0 radical (unpaired) electrons. The van der Waals surface area contributed by atoms with Gasteiger partial charge in [-0.1, -0.05) is 42.1 Å². The molecule has 23 heavy (non-hydrogen) atoms. The molecule has 1 aliphatic heterocycles. The molecule has 0 spiro atoms. The number of benzene rings is 1. The fourth-order valence-corrected chi connectivity index (χ4v) is 3.38. The number of nitrogens with one attached hydrogen (secondary N) is 1. The number of rotatable bonds is 6. The molecule has 1 aromatic heterocycles. The first kappa shape index (κ1) is 16.0. The SMILES string of the molecule is CNC(=O)CSc1nnc(-c2ccccc2)n1C[C@@H]1CCCO1. The van der Waals surface area contributed by atoms with E-state index in [-0.39, 0.29) is 12.0 Å². The van der Waals surface area contributed by atoms with E-state index >= 15 is 0 Å². The van der Waals surface area contributed by atoms with Crippen molar-refractivity contribution in [3.63, 3.8) is 0 Å². The molecule has 7 heteroatoms. The lowest BCUT2D eigenvalue weighted by atomic mass is 10.2. The van der Waals surface area contributed by atoms with E-state index in [2.05, 4.69) is 20.1 Å². The summed E-state index contributed by atoms with van der Waals surface area (Å²) < 4.78 is 7.82. The predicted molar refractivity (Wildman–Crippen MR) is 89.2 cm³/mol. The van der Waals surface area contributed by atoms with Gasteiger partial charge in [0.25, 0.3) is 0 Å². The molecule has 1 saturated heterocycles. The van der Waals surface area contributed by atoms with E-state index in [9.17, 15) is 4.79 Å². The van der Waals surface area contributed by atoms with Gasteiger partial charge in [-0.25, -0.2) is 0 Å². The number of ether oxygens (including phenoxy) is 1. The molecule has 1 N–H and O–H groups in total. The zero-order valence-corrected chi connectivity index (χ0v) is 13.9. The Hall–Kier alpha value is -1.86. The Bertz CT molecular complexity index is 653. The number of amides is 1. The van der Waals surface area contributed by atoms with Crippen LogP contribution in [-0.2, 0) is 16.1 Å². The highest BCUT2D eigenvalue weighted by atomic mass is 32.2. The van der Waals surface area contributed by atoms with Crippen LogP contribution < -0.4 is 5.32 Å². The largest absolute Gasteiger partial charge is 0.376 e. The molecule has 1 aliphatic rings. The maximum atomic E-state index is 11.5. The van der Waals surface area contributed by atoms with Crippen LogP contribution in [0.15, 0.2) is 35.5 Å². The van der Waals surface area contributed by atoms with Crippen molar-refractivity contribution in [2.45, 2.75) is 30.6 Å². The molecule has 6 nitrogen and oxygen atoms in total. The minimum Gasteiger partial charge on any atom is -0.376 e. The van der Waals surface area contributed by atoms with Crippen molar-refractivity contribution in [2.75, 3.05) is 19.4 Å². The lowest BCUT2D eigenvalue weighted by Gasteiger charge is -2.14. The normalized spacial score (nSPS) is 17.3. The Morgan fingerprint density at radius 2 is 2.22 bits per heavy atom. The third-order valence-electron chi connectivity index (χ3n) is 3.77. The van der Waals surface area contributed by atoms with Crippen molar-refractivity contribution in [3.05, 3.63) is 30.3 Å². The second kappa shape index (κ2) is 7.61. The summed E-state index contributed by atoms with van der Waals surface area (Å²) >= 11 is 1.40. The molecule has 1 fully saturated rings. The van der Waals surface area contributed by atoms with E-state index in [1.807, 2.05) is 30.3 Å². The highest BCUT2D eigenvalue weighted by molar-refractivity contribution is 7.99. The molecule has 0 bridgehead atoms. The monoisotopic (exact) mass is 332 g/mol. The maximum absolute atomic E-state index is 11.5. The van der Waals surface area contributed by atoms with E-state index in [4.69, 9.17) is 4.74 Å². The Kier molecular flexibility index (Phi) is 5.30. The van der Waals surface area contributed by atoms with Gasteiger partial charge in [-0.2, -0.15) is 0 Å². The summed E-state index contributed by atoms with van der Waals surface area (Å²) in [6.45, 7) is 1.53. The van der Waals surface area contributed by atoms with Gasteiger partial charge in [0.15, 0.2) is 11.0 Å². The fourth-order valence-electron chi connectivity index (χ4n) is 2.56. The van der Waals surface area contributed by atoms with Gasteiger partial charge in [-0.3, -0.25) is 9.36 Å². The Morgan fingerprint density at radius 1 is 1.39 bits per heavy atom. The summed E-state index contributed by atoms with van der Waals surface area (Å²) in [6, 6.07) is 9.98. The topological polar surface area (TPSA) is 69.0 Å². The van der Waals surface area contributed by atoms with Crippen LogP contribution in [0, 0.1) is 0 Å². The number of carbonyl (C=O) groups is 1. The number of hydrogen-bond donors (Lipinski definition) is 1. The lowest BCUT2D eigenvalue weighted by Crippen LogP contribution is -2.21. The van der Waals surface area contributed by atoms with Gasteiger partial charge in [0, 0.05) is 19.2 Å². The van der Waals surface area contributed by atoms with Crippen molar-refractivity contribution >= 4 is 17.7 Å². The third kappa shape index (κ3) is 3.92. The summed E-state index contributed by atoms with van der Waals surface area (Å²) in [5.74, 6) is 1.12. The second-order valence-corrected chi connectivity index (χ2v) is 6.32. The van der Waals surface area contributed by atoms with E-state index in [1.54, 1.807) is 7.05 Å². The third-order valence-corrected chi connectivity index (χ3v) is 4.74. The van der Waals surface area contributed by atoms with Crippen molar-refractivity contribution in [1.82, 2.24) is 20.1 Å². The van der Waals surface area contributed by atoms with Crippen molar-refractivity contribution < 1.29 is 9.53 Å². The van der Waals surface area contributed by atoms with Gasteiger partial charge < -0.3 is 10.1 Å². The molecule has 1 atom stereocenters. The smallest absolute Gasteiger partial charge is 0.230 e. The van der Waals surface area contributed by atoms with Crippen LogP contribution in [0.2, 0.25) is 0 Å². The quantitative estimate of drug-likeness (QED) is 0.819. The molecule has 1 amide bonds. The minimum absolute atomic E-state index is 0.0251. The first-order chi connectivity index (χ1) is 11.3. The summed E-state index contributed by atoms with van der Waals surface area (Å²) in [5, 5.41) is 12.0. The maximum Gasteiger partial charge on any atom is 0.230 e. The van der Waals surface area contributed by atoms with Gasteiger partial charge >= 0.3 is 0 Å². The summed E-state index contributed by atoms with van der Waals surface area (Å²) in [5.41, 5.74) is 1.02. The highest BCUT2D eigenvalue weighted by Gasteiger charge is 2.22. The zero-order chi connectivity index (χ0) is 16.1. The molecule has 0 aliphatic carbocycles. The summed E-state index contributed by atoms with van der Waals surface area (Å²) in [6.07, 6.45) is 2.33. The molecular weight excluding hydrogens is 312 g/mol. The highest BCUT2D eigenvalue weighted by Crippen LogP contribution is 2.26. The van der Waals surface area contributed by atoms with Gasteiger partial charge in [-0.05, 0) is 12.8 Å². The standard InChI is InChI=1S/C16H20N4O2S/c1-17-14(21)11-23-16-19-18-15(12-6-3-2-4-7-12)20(16)10-13-8-5-9-22-13/h2-4,6-7,13H,5,8-11H2,1H3,(H,17,21)/t13-/m0/s1. The predicted octanol–water partition coefficient (Wildman–Crippen LogP) is 1.96. The first-order valence-electron chi connectivity index (χ1n) is 7.71. The Morgan fingerprint density at radius 3 is 2.91 bits per heavy atom. The average Bonchev–Trinajstić information content (AvgIpc) is 3.24. The number of aromatic nitrogens is 3. The van der Waals surface area contributed by atoms with Crippen LogP contribution in [0.3, 0.4) is 0 Å². The second-order valence-electron chi connectivity index (χ2n) is 5.38. The minimum atomic E-state index is -0.0251. The summed E-state index contributed by atoms with van der Waals surface area (Å²) in [7, 11) is 1.63. The number of thioether (sulfide) groups is 1. The van der Waals surface area contributed by atoms with Crippen molar-refractivity contribution in [3.8, 4) is 11.4 Å². The van der Waals surface area contributed by atoms with E-state index in [1.165, 1.54) is 11.8 Å². The Labute approximate surface area is 139 Å². The first-order valence-corrected chi connectivity index (χ1v) is 8.70. The number of hydrogen-bond acceptors (Lipinski definition) is 5. The van der Waals surface area contributed by atoms with Gasteiger partial charge in [0.1, 0.15) is 0 Å². The van der Waals surface area contributed by atoms with Crippen LogP contribution in [-0.4, -0.2) is 46.2 Å². The molecule has 2 aromatic rings. The van der Waals surface area contributed by atoms with Crippen molar-refractivity contribution in [1.29, 1.82) is 0 Å². The van der Waals surface area contributed by atoms with Crippen LogP contribution in [0.4, 0.5) is 0 Å². The fraction of sp³-hybridized carbons (Fsp3) is 0.438.